The molecular formula is C26H31N3O8Si. The summed E-state index contributed by atoms with van der Waals surface area (Å²) in [6, 6.07) is 11.6. The summed E-state index contributed by atoms with van der Waals surface area (Å²) in [5, 5.41) is 21.4. The average Bonchev–Trinajstić information content (AvgIpc) is 3.49. The number of non-ortho nitro benzene ring substituents is 1. The molecule has 202 valence electrons. The molecule has 11 nitrogen and oxygen atoms in total. The molecule has 2 amide bonds. The smallest absolute Gasteiger partial charge is 0.414 e. The standard InChI is InChI=1S/C26H31N3O8Si/c1-16-23(38(2,3)35)22(10-12-30)37-26(16)20-14-19(29(33)34)8-9-21(20)28(24(26)31)15-17-4-6-18(7-5-17)27-11-13-36-25(27)32/h4-9,14,16,22-23,30,35H,10-13,15H2,1-3H3/t16-,22+,23-,26+/m0/s1. The Morgan fingerprint density at radius 3 is 2.47 bits per heavy atom. The number of aliphatic hydroxyl groups excluding tert-OH is 1. The van der Waals surface area contributed by atoms with Crippen LogP contribution in [0.25, 0.3) is 0 Å². The number of nitro benzene ring substituents is 1. The van der Waals surface area contributed by atoms with E-state index in [9.17, 15) is 29.6 Å². The molecule has 2 aromatic rings. The Hall–Kier alpha value is -3.32. The van der Waals surface area contributed by atoms with Gasteiger partial charge in [-0.05, 0) is 43.3 Å². The molecule has 3 aliphatic rings. The summed E-state index contributed by atoms with van der Waals surface area (Å²) >= 11 is 0. The number of hydrogen-bond donors (Lipinski definition) is 2. The van der Waals surface area contributed by atoms with Crippen LogP contribution in [-0.4, -0.2) is 61.0 Å². The van der Waals surface area contributed by atoms with E-state index in [1.807, 2.05) is 19.1 Å². The number of ether oxygens (including phenoxy) is 2. The first-order chi connectivity index (χ1) is 18.0. The van der Waals surface area contributed by atoms with Crippen molar-refractivity contribution in [3.63, 3.8) is 0 Å². The summed E-state index contributed by atoms with van der Waals surface area (Å²) < 4.78 is 11.5. The van der Waals surface area contributed by atoms with Crippen LogP contribution in [0.4, 0.5) is 21.9 Å². The molecule has 2 aromatic carbocycles. The maximum Gasteiger partial charge on any atom is 0.414 e. The van der Waals surface area contributed by atoms with E-state index in [1.165, 1.54) is 17.0 Å². The molecule has 0 unspecified atom stereocenters. The van der Waals surface area contributed by atoms with E-state index in [0.29, 0.717) is 30.1 Å². The van der Waals surface area contributed by atoms with E-state index < -0.39 is 37.0 Å². The lowest BCUT2D eigenvalue weighted by Crippen LogP contribution is -2.46. The molecule has 38 heavy (non-hydrogen) atoms. The Balaban J connectivity index is 1.54. The second-order valence-corrected chi connectivity index (χ2v) is 14.6. The SMILES string of the molecule is C[C@H]1[C@H]([Si](C)(C)O)[C@@H](CCO)O[C@]12C(=O)N(Cc1ccc(N3CCOC3=O)cc1)c1ccc([N+](=O)[O-])cc12. The Bertz CT molecular complexity index is 1280. The first kappa shape index (κ1) is 26.3. The zero-order valence-electron chi connectivity index (χ0n) is 21.5. The van der Waals surface area contributed by atoms with Gasteiger partial charge in [0.15, 0.2) is 13.9 Å². The van der Waals surface area contributed by atoms with Crippen LogP contribution in [-0.2, 0) is 26.4 Å². The molecule has 0 bridgehead atoms. The summed E-state index contributed by atoms with van der Waals surface area (Å²) in [6.07, 6.45) is -0.733. The van der Waals surface area contributed by atoms with Crippen LogP contribution in [0.1, 0.15) is 24.5 Å². The molecule has 2 fully saturated rings. The number of aliphatic hydroxyl groups is 1. The van der Waals surface area contributed by atoms with Crippen molar-refractivity contribution >= 4 is 37.4 Å². The minimum Gasteiger partial charge on any atom is -0.447 e. The Morgan fingerprint density at radius 1 is 1.18 bits per heavy atom. The fourth-order valence-corrected chi connectivity index (χ4v) is 8.93. The number of carbonyl (C=O) groups excluding carboxylic acids is 2. The van der Waals surface area contributed by atoms with Gasteiger partial charge in [-0.2, -0.15) is 0 Å². The molecule has 2 saturated heterocycles. The van der Waals surface area contributed by atoms with Crippen molar-refractivity contribution in [1.82, 2.24) is 0 Å². The van der Waals surface area contributed by atoms with Crippen LogP contribution >= 0.6 is 0 Å². The molecule has 3 heterocycles. The lowest BCUT2D eigenvalue weighted by atomic mass is 9.82. The molecule has 0 aromatic heterocycles. The third-order valence-electron chi connectivity index (χ3n) is 7.94. The van der Waals surface area contributed by atoms with Crippen molar-refractivity contribution in [3.05, 3.63) is 63.7 Å². The molecule has 1 spiro atoms. The highest BCUT2D eigenvalue weighted by atomic mass is 28.4. The maximum absolute atomic E-state index is 14.3. The Kier molecular flexibility index (Phi) is 6.54. The number of nitrogens with zero attached hydrogens (tertiary/aromatic N) is 3. The predicted molar refractivity (Wildman–Crippen MR) is 140 cm³/mol. The number of amides is 2. The zero-order chi connectivity index (χ0) is 27.4. The molecule has 0 aliphatic carbocycles. The van der Waals surface area contributed by atoms with Crippen molar-refractivity contribution in [3.8, 4) is 0 Å². The minimum absolute atomic E-state index is 0.155. The third-order valence-corrected chi connectivity index (χ3v) is 10.4. The van der Waals surface area contributed by atoms with Crippen LogP contribution < -0.4 is 9.80 Å². The number of rotatable bonds is 7. The molecule has 4 atom stereocenters. The highest BCUT2D eigenvalue weighted by Gasteiger charge is 2.66. The second kappa shape index (κ2) is 9.45. The fourth-order valence-electron chi connectivity index (χ4n) is 6.32. The van der Waals surface area contributed by atoms with Gasteiger partial charge in [0.1, 0.15) is 6.61 Å². The first-order valence-electron chi connectivity index (χ1n) is 12.6. The number of benzene rings is 2. The molecular weight excluding hydrogens is 510 g/mol. The molecule has 2 N–H and O–H groups in total. The largest absolute Gasteiger partial charge is 0.447 e. The van der Waals surface area contributed by atoms with Gasteiger partial charge in [0.05, 0.1) is 29.8 Å². The van der Waals surface area contributed by atoms with Crippen LogP contribution in [0.2, 0.25) is 18.6 Å². The van der Waals surface area contributed by atoms with Crippen LogP contribution in [0, 0.1) is 16.0 Å². The van der Waals surface area contributed by atoms with Crippen LogP contribution in [0.15, 0.2) is 42.5 Å². The molecule has 12 heteroatoms. The van der Waals surface area contributed by atoms with Gasteiger partial charge < -0.3 is 24.3 Å². The summed E-state index contributed by atoms with van der Waals surface area (Å²) in [6.45, 7) is 6.22. The first-order valence-corrected chi connectivity index (χ1v) is 15.7. The van der Waals surface area contributed by atoms with E-state index >= 15 is 0 Å². The van der Waals surface area contributed by atoms with E-state index in [1.54, 1.807) is 36.2 Å². The van der Waals surface area contributed by atoms with E-state index in [4.69, 9.17) is 9.47 Å². The van der Waals surface area contributed by atoms with Crippen LogP contribution in [0.5, 0.6) is 0 Å². The highest BCUT2D eigenvalue weighted by Crippen LogP contribution is 2.60. The topological polar surface area (TPSA) is 143 Å². The lowest BCUT2D eigenvalue weighted by molar-refractivity contribution is -0.385. The predicted octanol–water partition coefficient (Wildman–Crippen LogP) is 3.28. The number of nitro groups is 1. The van der Waals surface area contributed by atoms with Crippen molar-refractivity contribution in [2.24, 2.45) is 5.92 Å². The van der Waals surface area contributed by atoms with Gasteiger partial charge in [-0.15, -0.1) is 0 Å². The highest BCUT2D eigenvalue weighted by molar-refractivity contribution is 6.71. The molecule has 5 rings (SSSR count). The van der Waals surface area contributed by atoms with Crippen molar-refractivity contribution in [1.29, 1.82) is 0 Å². The van der Waals surface area contributed by atoms with Crippen molar-refractivity contribution in [2.75, 3.05) is 29.6 Å². The van der Waals surface area contributed by atoms with Crippen LogP contribution in [0.3, 0.4) is 0 Å². The van der Waals surface area contributed by atoms with Gasteiger partial charge in [-0.25, -0.2) is 4.79 Å². The van der Waals surface area contributed by atoms with Crippen molar-refractivity contribution < 1.29 is 33.9 Å². The van der Waals surface area contributed by atoms with Gasteiger partial charge in [-0.3, -0.25) is 19.8 Å². The number of carbonyl (C=O) groups is 2. The van der Waals surface area contributed by atoms with Gasteiger partial charge in [0.2, 0.25) is 0 Å². The van der Waals surface area contributed by atoms with Gasteiger partial charge in [0, 0.05) is 41.4 Å². The zero-order valence-corrected chi connectivity index (χ0v) is 22.5. The van der Waals surface area contributed by atoms with Gasteiger partial charge in [-0.1, -0.05) is 19.1 Å². The summed E-state index contributed by atoms with van der Waals surface area (Å²) in [4.78, 5) is 51.6. The summed E-state index contributed by atoms with van der Waals surface area (Å²) in [5.74, 6) is -0.830. The normalized spacial score (nSPS) is 26.8. The number of cyclic esters (lactones) is 1. The van der Waals surface area contributed by atoms with E-state index in [2.05, 4.69) is 0 Å². The van der Waals surface area contributed by atoms with E-state index in [-0.39, 0.29) is 36.7 Å². The quantitative estimate of drug-likeness (QED) is 0.309. The monoisotopic (exact) mass is 541 g/mol. The Labute approximate surface area is 220 Å². The number of fused-ring (bicyclic) bond motifs is 2. The third kappa shape index (κ3) is 4.08. The average molecular weight is 542 g/mol. The maximum atomic E-state index is 14.3. The van der Waals surface area contributed by atoms with Crippen molar-refractivity contribution in [2.45, 2.75) is 50.2 Å². The summed E-state index contributed by atoms with van der Waals surface area (Å²) in [7, 11) is -2.87. The second-order valence-electron chi connectivity index (χ2n) is 10.7. The van der Waals surface area contributed by atoms with E-state index in [0.717, 1.165) is 5.56 Å². The fraction of sp³-hybridized carbons (Fsp3) is 0.462. The number of hydrogen-bond acceptors (Lipinski definition) is 8. The summed E-state index contributed by atoms with van der Waals surface area (Å²) in [5.41, 5.74) is 0.363. The lowest BCUT2D eigenvalue weighted by Gasteiger charge is -2.32. The molecule has 0 radical (unpaired) electrons. The number of anilines is 2. The Morgan fingerprint density at radius 2 is 1.89 bits per heavy atom. The minimum atomic E-state index is -2.87. The molecule has 3 aliphatic heterocycles. The molecule has 0 saturated carbocycles. The van der Waals surface area contributed by atoms with Gasteiger partial charge >= 0.3 is 6.09 Å². The van der Waals surface area contributed by atoms with Gasteiger partial charge in [0.25, 0.3) is 11.6 Å².